The predicted molar refractivity (Wildman–Crippen MR) is 105 cm³/mol. The lowest BCUT2D eigenvalue weighted by Gasteiger charge is -2.50. The van der Waals surface area contributed by atoms with Gasteiger partial charge in [0.15, 0.2) is 0 Å². The van der Waals surface area contributed by atoms with Crippen molar-refractivity contribution in [2.45, 2.75) is 33.2 Å². The maximum absolute atomic E-state index is 12.9. The molecule has 0 aromatic heterocycles. The number of hydrogen-bond acceptors (Lipinski definition) is 3. The molecular weight excluding hydrogens is 338 g/mol. The summed E-state index contributed by atoms with van der Waals surface area (Å²) < 4.78 is 0. The third kappa shape index (κ3) is 3.88. The van der Waals surface area contributed by atoms with Gasteiger partial charge >= 0.3 is 0 Å². The fraction of sp³-hybridized carbons (Fsp3) is 0.636. The molecule has 1 aromatic carbocycles. The van der Waals surface area contributed by atoms with Crippen LogP contribution in [-0.2, 0) is 16.1 Å². The van der Waals surface area contributed by atoms with Gasteiger partial charge in [-0.05, 0) is 24.3 Å². The number of rotatable bonds is 6. The van der Waals surface area contributed by atoms with Crippen LogP contribution in [0.4, 0.5) is 0 Å². The molecule has 1 spiro atoms. The summed E-state index contributed by atoms with van der Waals surface area (Å²) in [7, 11) is 0. The van der Waals surface area contributed by atoms with E-state index in [-0.39, 0.29) is 23.2 Å². The first kappa shape index (κ1) is 18.5. The number of likely N-dealkylation sites (tertiary alicyclic amines) is 2. The molecule has 3 aliphatic rings. The SMILES string of the molecule is CC(C)CNC(=O)C1CN(Cc2ccccc2)CC12CN(C(=O)C1CC1)C2. The summed E-state index contributed by atoms with van der Waals surface area (Å²) in [5, 5.41) is 3.14. The van der Waals surface area contributed by atoms with Crippen LogP contribution in [0.1, 0.15) is 32.3 Å². The predicted octanol–water partition coefficient (Wildman–Crippen LogP) is 2.13. The molecule has 1 aliphatic carbocycles. The average molecular weight is 370 g/mol. The van der Waals surface area contributed by atoms with Crippen molar-refractivity contribution in [1.29, 1.82) is 0 Å². The molecule has 1 N–H and O–H groups in total. The summed E-state index contributed by atoms with van der Waals surface area (Å²) in [5.74, 6) is 1.16. The van der Waals surface area contributed by atoms with Crippen LogP contribution in [0, 0.1) is 23.2 Å². The van der Waals surface area contributed by atoms with Gasteiger partial charge in [-0.2, -0.15) is 0 Å². The molecule has 2 amide bonds. The molecule has 0 radical (unpaired) electrons. The maximum Gasteiger partial charge on any atom is 0.225 e. The van der Waals surface area contributed by atoms with E-state index in [4.69, 9.17) is 0 Å². The summed E-state index contributed by atoms with van der Waals surface area (Å²) in [6.07, 6.45) is 2.08. The molecule has 1 aromatic rings. The van der Waals surface area contributed by atoms with E-state index >= 15 is 0 Å². The molecule has 2 saturated heterocycles. The molecule has 0 bridgehead atoms. The van der Waals surface area contributed by atoms with Crippen LogP contribution in [0.25, 0.3) is 0 Å². The summed E-state index contributed by atoms with van der Waals surface area (Å²) >= 11 is 0. The van der Waals surface area contributed by atoms with E-state index in [2.05, 4.69) is 48.3 Å². The first-order chi connectivity index (χ1) is 13.0. The Morgan fingerprint density at radius 2 is 1.85 bits per heavy atom. The summed E-state index contributed by atoms with van der Waals surface area (Å²) in [5.41, 5.74) is 1.21. The van der Waals surface area contributed by atoms with Gasteiger partial charge in [-0.15, -0.1) is 0 Å². The van der Waals surface area contributed by atoms with Crippen LogP contribution in [0.2, 0.25) is 0 Å². The van der Waals surface area contributed by atoms with Crippen LogP contribution in [0.3, 0.4) is 0 Å². The highest BCUT2D eigenvalue weighted by Crippen LogP contribution is 2.46. The van der Waals surface area contributed by atoms with Crippen molar-refractivity contribution in [3.63, 3.8) is 0 Å². The van der Waals surface area contributed by atoms with E-state index in [0.29, 0.717) is 11.8 Å². The molecule has 4 rings (SSSR count). The molecule has 3 fully saturated rings. The highest BCUT2D eigenvalue weighted by atomic mass is 16.2. The second-order valence-corrected chi connectivity index (χ2v) is 9.18. The van der Waals surface area contributed by atoms with Gasteiger partial charge in [0.1, 0.15) is 0 Å². The lowest BCUT2D eigenvalue weighted by molar-refractivity contribution is -0.150. The van der Waals surface area contributed by atoms with E-state index in [1.165, 1.54) is 5.56 Å². The quantitative estimate of drug-likeness (QED) is 0.836. The number of hydrogen-bond donors (Lipinski definition) is 1. The van der Waals surface area contributed by atoms with Crippen molar-refractivity contribution in [3.8, 4) is 0 Å². The Bertz CT molecular complexity index is 693. The van der Waals surface area contributed by atoms with Crippen LogP contribution < -0.4 is 5.32 Å². The standard InChI is InChI=1S/C22H31N3O2/c1-16(2)10-23-20(26)19-12-24(11-17-6-4-3-5-7-17)13-22(19)14-25(15-22)21(27)18-8-9-18/h3-7,16,18-19H,8-15H2,1-2H3,(H,23,26). The van der Waals surface area contributed by atoms with Crippen molar-refractivity contribution in [1.82, 2.24) is 15.1 Å². The zero-order valence-electron chi connectivity index (χ0n) is 16.5. The molecule has 5 heteroatoms. The lowest BCUT2D eigenvalue weighted by Crippen LogP contribution is -2.64. The number of carbonyl (C=O) groups excluding carboxylic acids is 2. The Balaban J connectivity index is 1.44. The van der Waals surface area contributed by atoms with E-state index in [1.807, 2.05) is 11.0 Å². The first-order valence-corrected chi connectivity index (χ1v) is 10.3. The highest BCUT2D eigenvalue weighted by molar-refractivity contribution is 5.84. The minimum atomic E-state index is -0.0691. The van der Waals surface area contributed by atoms with Gasteiger partial charge in [0.2, 0.25) is 11.8 Å². The third-order valence-corrected chi connectivity index (χ3v) is 6.22. The van der Waals surface area contributed by atoms with Crippen molar-refractivity contribution < 1.29 is 9.59 Å². The largest absolute Gasteiger partial charge is 0.356 e. The topological polar surface area (TPSA) is 52.7 Å². The number of benzene rings is 1. The summed E-state index contributed by atoms with van der Waals surface area (Å²) in [6, 6.07) is 10.4. The number of nitrogens with one attached hydrogen (secondary N) is 1. The molecule has 1 atom stereocenters. The Morgan fingerprint density at radius 1 is 1.15 bits per heavy atom. The molecule has 5 nitrogen and oxygen atoms in total. The van der Waals surface area contributed by atoms with E-state index in [9.17, 15) is 9.59 Å². The molecule has 2 aliphatic heterocycles. The van der Waals surface area contributed by atoms with Gasteiger partial charge in [0.25, 0.3) is 0 Å². The molecule has 1 saturated carbocycles. The van der Waals surface area contributed by atoms with Gasteiger partial charge in [0, 0.05) is 50.6 Å². The molecule has 27 heavy (non-hydrogen) atoms. The Morgan fingerprint density at radius 3 is 2.48 bits per heavy atom. The zero-order valence-corrected chi connectivity index (χ0v) is 16.5. The van der Waals surface area contributed by atoms with E-state index in [1.54, 1.807) is 0 Å². The highest BCUT2D eigenvalue weighted by Gasteiger charge is 2.58. The average Bonchev–Trinajstić information content (AvgIpc) is 3.40. The first-order valence-electron chi connectivity index (χ1n) is 10.3. The monoisotopic (exact) mass is 369 g/mol. The second kappa shape index (κ2) is 7.27. The van der Waals surface area contributed by atoms with Gasteiger partial charge < -0.3 is 10.2 Å². The Hall–Kier alpha value is -1.88. The Labute approximate surface area is 162 Å². The second-order valence-electron chi connectivity index (χ2n) is 9.18. The van der Waals surface area contributed by atoms with Crippen molar-refractivity contribution in [3.05, 3.63) is 35.9 Å². The molecule has 2 heterocycles. The van der Waals surface area contributed by atoms with Gasteiger partial charge in [-0.3, -0.25) is 14.5 Å². The van der Waals surface area contributed by atoms with Gasteiger partial charge in [0.05, 0.1) is 5.92 Å². The summed E-state index contributed by atoms with van der Waals surface area (Å²) in [4.78, 5) is 29.7. The number of nitrogens with zero attached hydrogens (tertiary/aromatic N) is 2. The van der Waals surface area contributed by atoms with Crippen LogP contribution in [-0.4, -0.2) is 54.3 Å². The fourth-order valence-electron chi connectivity index (χ4n) is 4.60. The van der Waals surface area contributed by atoms with Gasteiger partial charge in [-0.25, -0.2) is 0 Å². The van der Waals surface area contributed by atoms with E-state index in [0.717, 1.165) is 52.1 Å². The summed E-state index contributed by atoms with van der Waals surface area (Å²) in [6.45, 7) is 8.99. The number of carbonyl (C=O) groups is 2. The van der Waals surface area contributed by atoms with Crippen molar-refractivity contribution in [2.24, 2.45) is 23.2 Å². The van der Waals surface area contributed by atoms with E-state index < -0.39 is 0 Å². The van der Waals surface area contributed by atoms with Gasteiger partial charge in [-0.1, -0.05) is 44.2 Å². The fourth-order valence-corrected chi connectivity index (χ4v) is 4.60. The Kier molecular flexibility index (Phi) is 4.97. The maximum atomic E-state index is 12.9. The van der Waals surface area contributed by atoms with Crippen LogP contribution in [0.15, 0.2) is 30.3 Å². The minimum absolute atomic E-state index is 0.0248. The van der Waals surface area contributed by atoms with Crippen molar-refractivity contribution in [2.75, 3.05) is 32.7 Å². The molecule has 1 unspecified atom stereocenters. The molecule has 146 valence electrons. The normalized spacial score (nSPS) is 24.3. The number of amides is 2. The van der Waals surface area contributed by atoms with Crippen LogP contribution >= 0.6 is 0 Å². The smallest absolute Gasteiger partial charge is 0.225 e. The lowest BCUT2D eigenvalue weighted by atomic mass is 9.71. The van der Waals surface area contributed by atoms with Crippen LogP contribution in [0.5, 0.6) is 0 Å². The third-order valence-electron chi connectivity index (χ3n) is 6.22. The minimum Gasteiger partial charge on any atom is -0.356 e. The van der Waals surface area contributed by atoms with Crippen molar-refractivity contribution >= 4 is 11.8 Å². The molecular formula is C22H31N3O2. The zero-order chi connectivity index (χ0) is 19.0.